The molecule has 0 saturated carbocycles. The van der Waals surface area contributed by atoms with Gasteiger partial charge < -0.3 is 0 Å². The maximum atomic E-state index is 12.7. The topological polar surface area (TPSA) is 92.8 Å². The van der Waals surface area contributed by atoms with Crippen molar-refractivity contribution in [3.63, 3.8) is 0 Å². The highest BCUT2D eigenvalue weighted by atomic mass is 35.5. The first-order valence-electron chi connectivity index (χ1n) is 8.85. The Balaban J connectivity index is 1.45. The number of sulfone groups is 1. The number of aromatic nitrogens is 3. The van der Waals surface area contributed by atoms with E-state index >= 15 is 0 Å². The standard InChI is InChI=1S/C21H16ClN3O3S/c22-17-4-8-19(9-5-17)29(27,28)18-6-1-14(2-7-18)3-10-20(26)15-11-16-13-24-25-21(16)23-12-15/h1-2,4-9,11-13H,3,10H2,(H,23,24,25). The van der Waals surface area contributed by atoms with Gasteiger partial charge in [-0.15, -0.1) is 0 Å². The molecule has 6 nitrogen and oxygen atoms in total. The molecule has 0 spiro atoms. The Morgan fingerprint density at radius 1 is 0.966 bits per heavy atom. The van der Waals surface area contributed by atoms with E-state index < -0.39 is 9.84 Å². The number of rotatable bonds is 6. The van der Waals surface area contributed by atoms with Gasteiger partial charge in [0.05, 0.1) is 16.0 Å². The SMILES string of the molecule is O=C(CCc1ccc(S(=O)(=O)c2ccc(Cl)cc2)cc1)c1cnc2[nH]ncc2c1. The maximum absolute atomic E-state index is 12.7. The second kappa shape index (κ2) is 7.77. The monoisotopic (exact) mass is 425 g/mol. The molecule has 4 aromatic rings. The molecule has 0 atom stereocenters. The van der Waals surface area contributed by atoms with E-state index in [1.165, 1.54) is 18.3 Å². The van der Waals surface area contributed by atoms with E-state index in [9.17, 15) is 13.2 Å². The summed E-state index contributed by atoms with van der Waals surface area (Å²) in [5.74, 6) is -0.0292. The molecule has 146 valence electrons. The van der Waals surface area contributed by atoms with Crippen LogP contribution in [0.4, 0.5) is 0 Å². The van der Waals surface area contributed by atoms with Gasteiger partial charge in [0, 0.05) is 28.6 Å². The van der Waals surface area contributed by atoms with Crippen molar-refractivity contribution in [2.45, 2.75) is 22.6 Å². The van der Waals surface area contributed by atoms with Crippen LogP contribution < -0.4 is 0 Å². The van der Waals surface area contributed by atoms with E-state index in [0.29, 0.717) is 29.1 Å². The number of aryl methyl sites for hydroxylation is 1. The third-order valence-electron chi connectivity index (χ3n) is 4.61. The van der Waals surface area contributed by atoms with Crippen molar-refractivity contribution in [2.24, 2.45) is 0 Å². The number of carbonyl (C=O) groups excluding carboxylic acids is 1. The Morgan fingerprint density at radius 2 is 1.62 bits per heavy atom. The van der Waals surface area contributed by atoms with Gasteiger partial charge in [-0.05, 0) is 54.4 Å². The summed E-state index contributed by atoms with van der Waals surface area (Å²) >= 11 is 5.83. The Labute approximate surface area is 172 Å². The fourth-order valence-electron chi connectivity index (χ4n) is 2.98. The van der Waals surface area contributed by atoms with Crippen LogP contribution in [0.25, 0.3) is 11.0 Å². The molecule has 0 amide bonds. The first-order valence-corrected chi connectivity index (χ1v) is 10.7. The van der Waals surface area contributed by atoms with E-state index in [0.717, 1.165) is 10.9 Å². The minimum absolute atomic E-state index is 0.0292. The van der Waals surface area contributed by atoms with Gasteiger partial charge in [-0.2, -0.15) is 5.10 Å². The van der Waals surface area contributed by atoms with Crippen molar-refractivity contribution in [3.8, 4) is 0 Å². The van der Waals surface area contributed by atoms with Crippen LogP contribution in [0.3, 0.4) is 0 Å². The summed E-state index contributed by atoms with van der Waals surface area (Å²) in [4.78, 5) is 17.0. The molecule has 0 aliphatic carbocycles. The van der Waals surface area contributed by atoms with Crippen LogP contribution >= 0.6 is 11.6 Å². The number of aromatic amines is 1. The van der Waals surface area contributed by atoms with Crippen LogP contribution in [0.1, 0.15) is 22.3 Å². The summed E-state index contributed by atoms with van der Waals surface area (Å²) in [6, 6.07) is 14.4. The van der Waals surface area contributed by atoms with E-state index in [-0.39, 0.29) is 15.6 Å². The van der Waals surface area contributed by atoms with E-state index in [4.69, 9.17) is 11.6 Å². The van der Waals surface area contributed by atoms with Gasteiger partial charge >= 0.3 is 0 Å². The quantitative estimate of drug-likeness (QED) is 0.466. The normalized spacial score (nSPS) is 11.6. The lowest BCUT2D eigenvalue weighted by Gasteiger charge is -2.07. The Morgan fingerprint density at radius 3 is 2.31 bits per heavy atom. The van der Waals surface area contributed by atoms with Gasteiger partial charge in [0.2, 0.25) is 9.84 Å². The molecular formula is C21H16ClN3O3S. The predicted molar refractivity (Wildman–Crippen MR) is 110 cm³/mol. The molecule has 1 N–H and O–H groups in total. The van der Waals surface area contributed by atoms with Crippen molar-refractivity contribution in [1.82, 2.24) is 15.2 Å². The third kappa shape index (κ3) is 4.06. The number of H-pyrrole nitrogens is 1. The minimum Gasteiger partial charge on any atom is -0.294 e. The van der Waals surface area contributed by atoms with Crippen LogP contribution in [0.5, 0.6) is 0 Å². The Hall–Kier alpha value is -3.03. The number of halogens is 1. The number of benzene rings is 2. The lowest BCUT2D eigenvalue weighted by atomic mass is 10.0. The van der Waals surface area contributed by atoms with Gasteiger partial charge in [0.1, 0.15) is 0 Å². The van der Waals surface area contributed by atoms with E-state index in [1.54, 1.807) is 48.7 Å². The number of Topliss-reactive ketones (excluding diaryl/α,β-unsaturated/α-hetero) is 1. The summed E-state index contributed by atoms with van der Waals surface area (Å²) in [5, 5.41) is 7.91. The van der Waals surface area contributed by atoms with Crippen LogP contribution in [-0.4, -0.2) is 29.4 Å². The van der Waals surface area contributed by atoms with E-state index in [1.807, 2.05) is 0 Å². The molecule has 2 heterocycles. The van der Waals surface area contributed by atoms with Crippen LogP contribution in [-0.2, 0) is 16.3 Å². The molecule has 0 radical (unpaired) electrons. The van der Waals surface area contributed by atoms with Crippen molar-refractivity contribution in [3.05, 3.63) is 83.1 Å². The molecule has 2 aromatic carbocycles. The first-order chi connectivity index (χ1) is 13.9. The van der Waals surface area contributed by atoms with Crippen LogP contribution in [0.15, 0.2) is 76.8 Å². The lowest BCUT2D eigenvalue weighted by molar-refractivity contribution is 0.0982. The zero-order valence-corrected chi connectivity index (χ0v) is 16.7. The largest absolute Gasteiger partial charge is 0.294 e. The molecule has 29 heavy (non-hydrogen) atoms. The van der Waals surface area contributed by atoms with Gasteiger partial charge in [0.25, 0.3) is 0 Å². The molecule has 2 aromatic heterocycles. The zero-order valence-electron chi connectivity index (χ0n) is 15.2. The number of ketones is 1. The number of carbonyl (C=O) groups is 1. The van der Waals surface area contributed by atoms with Crippen LogP contribution in [0, 0.1) is 0 Å². The highest BCUT2D eigenvalue weighted by molar-refractivity contribution is 7.91. The number of nitrogens with one attached hydrogen (secondary N) is 1. The number of hydrogen-bond acceptors (Lipinski definition) is 5. The molecule has 0 aliphatic rings. The minimum atomic E-state index is -3.60. The number of nitrogens with zero attached hydrogens (tertiary/aromatic N) is 2. The summed E-state index contributed by atoms with van der Waals surface area (Å²) < 4.78 is 25.4. The summed E-state index contributed by atoms with van der Waals surface area (Å²) in [7, 11) is -3.60. The van der Waals surface area contributed by atoms with Gasteiger partial charge in [-0.25, -0.2) is 13.4 Å². The number of pyridine rings is 1. The average Bonchev–Trinajstić information content (AvgIpc) is 3.20. The summed E-state index contributed by atoms with van der Waals surface area (Å²) in [6.45, 7) is 0. The second-order valence-corrected chi connectivity index (χ2v) is 8.94. The first kappa shape index (κ1) is 19.3. The smallest absolute Gasteiger partial charge is 0.206 e. The fourth-order valence-corrected chi connectivity index (χ4v) is 4.36. The molecule has 8 heteroatoms. The molecule has 0 aliphatic heterocycles. The highest BCUT2D eigenvalue weighted by Crippen LogP contribution is 2.23. The average molecular weight is 426 g/mol. The Bertz CT molecular complexity index is 1280. The van der Waals surface area contributed by atoms with Crippen molar-refractivity contribution < 1.29 is 13.2 Å². The van der Waals surface area contributed by atoms with Crippen LogP contribution in [0.2, 0.25) is 5.02 Å². The van der Waals surface area contributed by atoms with E-state index in [2.05, 4.69) is 15.2 Å². The van der Waals surface area contributed by atoms with Gasteiger partial charge in [0.15, 0.2) is 11.4 Å². The maximum Gasteiger partial charge on any atom is 0.206 e. The molecule has 0 unspecified atom stereocenters. The summed E-state index contributed by atoms with van der Waals surface area (Å²) in [5.41, 5.74) is 2.05. The lowest BCUT2D eigenvalue weighted by Crippen LogP contribution is -2.03. The summed E-state index contributed by atoms with van der Waals surface area (Å²) in [6.07, 6.45) is 3.96. The molecule has 0 saturated heterocycles. The molecular weight excluding hydrogens is 410 g/mol. The van der Waals surface area contributed by atoms with Crippen molar-refractivity contribution in [1.29, 1.82) is 0 Å². The third-order valence-corrected chi connectivity index (χ3v) is 6.65. The molecule has 0 fully saturated rings. The highest BCUT2D eigenvalue weighted by Gasteiger charge is 2.17. The Kier molecular flexibility index (Phi) is 5.17. The molecule has 0 bridgehead atoms. The number of fused-ring (bicyclic) bond motifs is 1. The van der Waals surface area contributed by atoms with Gasteiger partial charge in [-0.1, -0.05) is 23.7 Å². The fraction of sp³-hybridized carbons (Fsp3) is 0.0952. The second-order valence-electron chi connectivity index (χ2n) is 6.56. The number of hydrogen-bond donors (Lipinski definition) is 1. The van der Waals surface area contributed by atoms with Gasteiger partial charge in [-0.3, -0.25) is 9.89 Å². The van der Waals surface area contributed by atoms with Crippen molar-refractivity contribution >= 4 is 38.3 Å². The zero-order chi connectivity index (χ0) is 20.4. The van der Waals surface area contributed by atoms with Crippen molar-refractivity contribution in [2.75, 3.05) is 0 Å². The predicted octanol–water partition coefficient (Wildman–Crippen LogP) is 4.26. The molecule has 4 rings (SSSR count).